The Kier molecular flexibility index (Phi) is 6.24. The number of ether oxygens (including phenoxy) is 3. The van der Waals surface area contributed by atoms with Crippen LogP contribution in [0.25, 0.3) is 11.4 Å². The van der Waals surface area contributed by atoms with Crippen molar-refractivity contribution >= 4 is 17.7 Å². The topological polar surface area (TPSA) is 78.7 Å². The van der Waals surface area contributed by atoms with Gasteiger partial charge in [-0.05, 0) is 31.5 Å². The van der Waals surface area contributed by atoms with Gasteiger partial charge in [0.1, 0.15) is 0 Å². The van der Waals surface area contributed by atoms with Gasteiger partial charge in [-0.2, -0.15) is 0 Å². The Balaban J connectivity index is 1.38. The SMILES string of the molecule is C[C@@H]1CN(C(=O)CSc2nnc(-c3ccccc3)n2Cc2ccc3c(c2)OCO3)C[C@H](C)O1. The standard InChI is InChI=1S/C24H26N4O4S/c1-16-11-27(12-17(2)32-16)22(29)14-33-24-26-25-23(19-6-4-3-5-7-19)28(24)13-18-8-9-20-21(10-18)31-15-30-20/h3-10,16-17H,11-15H2,1-2H3/t16-,17+. The van der Waals surface area contributed by atoms with E-state index < -0.39 is 0 Å². The molecule has 0 bridgehead atoms. The van der Waals surface area contributed by atoms with Gasteiger partial charge in [-0.15, -0.1) is 10.2 Å². The van der Waals surface area contributed by atoms with Gasteiger partial charge in [-0.1, -0.05) is 48.2 Å². The number of hydrogen-bond donors (Lipinski definition) is 0. The summed E-state index contributed by atoms with van der Waals surface area (Å²) < 4.78 is 18.8. The Morgan fingerprint density at radius 1 is 1.03 bits per heavy atom. The predicted octanol–water partition coefficient (Wildman–Crippen LogP) is 3.45. The molecule has 0 radical (unpaired) electrons. The van der Waals surface area contributed by atoms with Crippen LogP contribution in [-0.4, -0.2) is 63.4 Å². The number of amides is 1. The van der Waals surface area contributed by atoms with Crippen LogP contribution in [0, 0.1) is 0 Å². The number of aromatic nitrogens is 3. The Labute approximate surface area is 196 Å². The summed E-state index contributed by atoms with van der Waals surface area (Å²) >= 11 is 1.41. The van der Waals surface area contributed by atoms with Crippen molar-refractivity contribution in [2.75, 3.05) is 25.6 Å². The van der Waals surface area contributed by atoms with Gasteiger partial charge in [0.15, 0.2) is 22.5 Å². The maximum Gasteiger partial charge on any atom is 0.233 e. The first-order valence-electron chi connectivity index (χ1n) is 11.0. The lowest BCUT2D eigenvalue weighted by atomic mass is 10.2. The molecule has 33 heavy (non-hydrogen) atoms. The third-order valence-corrected chi connectivity index (χ3v) is 6.58. The number of nitrogens with zero attached hydrogens (tertiary/aromatic N) is 4. The monoisotopic (exact) mass is 466 g/mol. The van der Waals surface area contributed by atoms with Crippen LogP contribution in [0.3, 0.4) is 0 Å². The highest BCUT2D eigenvalue weighted by Gasteiger charge is 2.26. The molecule has 0 N–H and O–H groups in total. The molecule has 3 heterocycles. The van der Waals surface area contributed by atoms with Gasteiger partial charge in [-0.25, -0.2) is 0 Å². The van der Waals surface area contributed by atoms with Gasteiger partial charge in [0.25, 0.3) is 0 Å². The third-order valence-electron chi connectivity index (χ3n) is 5.62. The maximum absolute atomic E-state index is 12.9. The summed E-state index contributed by atoms with van der Waals surface area (Å²) in [7, 11) is 0. The van der Waals surface area contributed by atoms with Crippen LogP contribution in [0.1, 0.15) is 19.4 Å². The maximum atomic E-state index is 12.9. The van der Waals surface area contributed by atoms with E-state index in [0.29, 0.717) is 30.5 Å². The summed E-state index contributed by atoms with van der Waals surface area (Å²) in [6, 6.07) is 15.9. The molecule has 0 saturated carbocycles. The molecule has 0 aliphatic carbocycles. The molecule has 2 aliphatic heterocycles. The van der Waals surface area contributed by atoms with Crippen LogP contribution in [0.4, 0.5) is 0 Å². The largest absolute Gasteiger partial charge is 0.454 e. The van der Waals surface area contributed by atoms with Crippen molar-refractivity contribution in [3.05, 3.63) is 54.1 Å². The first-order valence-corrected chi connectivity index (χ1v) is 12.0. The Morgan fingerprint density at radius 3 is 2.58 bits per heavy atom. The lowest BCUT2D eigenvalue weighted by Gasteiger charge is -2.35. The fourth-order valence-electron chi connectivity index (χ4n) is 4.16. The summed E-state index contributed by atoms with van der Waals surface area (Å²) in [5.74, 6) is 2.63. The average Bonchev–Trinajstić information content (AvgIpc) is 3.44. The molecular formula is C24H26N4O4S. The molecule has 1 fully saturated rings. The molecule has 2 atom stereocenters. The molecule has 0 spiro atoms. The van der Waals surface area contributed by atoms with E-state index in [2.05, 4.69) is 14.8 Å². The van der Waals surface area contributed by atoms with Gasteiger partial charge in [0.05, 0.1) is 24.5 Å². The fourth-order valence-corrected chi connectivity index (χ4v) is 5.00. The van der Waals surface area contributed by atoms with E-state index in [1.165, 1.54) is 11.8 Å². The summed E-state index contributed by atoms with van der Waals surface area (Å²) in [6.07, 6.45) is 0.0871. The van der Waals surface area contributed by atoms with E-state index in [1.54, 1.807) is 0 Å². The number of carbonyl (C=O) groups is 1. The van der Waals surface area contributed by atoms with Crippen molar-refractivity contribution in [1.29, 1.82) is 0 Å². The molecular weight excluding hydrogens is 440 g/mol. The number of carbonyl (C=O) groups excluding carboxylic acids is 1. The number of fused-ring (bicyclic) bond motifs is 1. The van der Waals surface area contributed by atoms with Gasteiger partial charge in [-0.3, -0.25) is 9.36 Å². The molecule has 8 nitrogen and oxygen atoms in total. The molecule has 2 aromatic carbocycles. The number of morpholine rings is 1. The summed E-state index contributed by atoms with van der Waals surface area (Å²) in [5.41, 5.74) is 2.01. The van der Waals surface area contributed by atoms with E-state index in [-0.39, 0.29) is 24.9 Å². The van der Waals surface area contributed by atoms with E-state index in [4.69, 9.17) is 14.2 Å². The Hall–Kier alpha value is -3.04. The van der Waals surface area contributed by atoms with E-state index in [1.807, 2.05) is 67.3 Å². The van der Waals surface area contributed by atoms with Crippen molar-refractivity contribution in [2.24, 2.45) is 0 Å². The summed E-state index contributed by atoms with van der Waals surface area (Å²) in [4.78, 5) is 14.8. The van der Waals surface area contributed by atoms with Crippen molar-refractivity contribution < 1.29 is 19.0 Å². The number of rotatable bonds is 6. The highest BCUT2D eigenvalue weighted by Crippen LogP contribution is 2.33. The lowest BCUT2D eigenvalue weighted by molar-refractivity contribution is -0.140. The normalized spacial score (nSPS) is 19.6. The molecule has 2 aliphatic rings. The average molecular weight is 467 g/mol. The van der Waals surface area contributed by atoms with Gasteiger partial charge < -0.3 is 19.1 Å². The quantitative estimate of drug-likeness (QED) is 0.515. The minimum Gasteiger partial charge on any atom is -0.454 e. The number of benzene rings is 2. The molecule has 9 heteroatoms. The summed E-state index contributed by atoms with van der Waals surface area (Å²) in [5, 5.41) is 9.60. The van der Waals surface area contributed by atoms with Crippen molar-refractivity contribution in [1.82, 2.24) is 19.7 Å². The smallest absolute Gasteiger partial charge is 0.233 e. The van der Waals surface area contributed by atoms with Crippen molar-refractivity contribution in [2.45, 2.75) is 37.8 Å². The third kappa shape index (κ3) is 4.84. The molecule has 172 valence electrons. The van der Waals surface area contributed by atoms with Crippen LogP contribution in [0.2, 0.25) is 0 Å². The minimum atomic E-state index is 0.0436. The van der Waals surface area contributed by atoms with Gasteiger partial charge >= 0.3 is 0 Å². The first kappa shape index (κ1) is 21.8. The zero-order valence-corrected chi connectivity index (χ0v) is 19.5. The highest BCUT2D eigenvalue weighted by atomic mass is 32.2. The highest BCUT2D eigenvalue weighted by molar-refractivity contribution is 7.99. The van der Waals surface area contributed by atoms with E-state index in [0.717, 1.165) is 28.5 Å². The van der Waals surface area contributed by atoms with Gasteiger partial charge in [0, 0.05) is 18.7 Å². The second-order valence-electron chi connectivity index (χ2n) is 8.29. The van der Waals surface area contributed by atoms with Gasteiger partial charge in [0.2, 0.25) is 12.7 Å². The number of hydrogen-bond acceptors (Lipinski definition) is 7. The molecule has 1 aromatic heterocycles. The van der Waals surface area contributed by atoms with Crippen molar-refractivity contribution in [3.8, 4) is 22.9 Å². The van der Waals surface area contributed by atoms with Crippen LogP contribution in [-0.2, 0) is 16.1 Å². The lowest BCUT2D eigenvalue weighted by Crippen LogP contribution is -2.48. The van der Waals surface area contributed by atoms with Crippen LogP contribution >= 0.6 is 11.8 Å². The predicted molar refractivity (Wildman–Crippen MR) is 124 cm³/mol. The molecule has 5 rings (SSSR count). The Morgan fingerprint density at radius 2 is 1.79 bits per heavy atom. The molecule has 3 aromatic rings. The van der Waals surface area contributed by atoms with Crippen LogP contribution in [0.5, 0.6) is 11.5 Å². The zero-order chi connectivity index (χ0) is 22.8. The van der Waals surface area contributed by atoms with Crippen molar-refractivity contribution in [3.63, 3.8) is 0 Å². The van der Waals surface area contributed by atoms with Crippen LogP contribution < -0.4 is 9.47 Å². The second-order valence-corrected chi connectivity index (χ2v) is 9.23. The molecule has 1 saturated heterocycles. The zero-order valence-electron chi connectivity index (χ0n) is 18.6. The molecule has 1 amide bonds. The second kappa shape index (κ2) is 9.44. The molecule has 0 unspecified atom stereocenters. The number of thioether (sulfide) groups is 1. The first-order chi connectivity index (χ1) is 16.1. The summed E-state index contributed by atoms with van der Waals surface area (Å²) in [6.45, 7) is 6.01. The van der Waals surface area contributed by atoms with E-state index in [9.17, 15) is 4.79 Å². The van der Waals surface area contributed by atoms with E-state index >= 15 is 0 Å². The van der Waals surface area contributed by atoms with Crippen LogP contribution in [0.15, 0.2) is 53.7 Å². The Bertz CT molecular complexity index is 1130. The minimum absolute atomic E-state index is 0.0436. The fraction of sp³-hybridized carbons (Fsp3) is 0.375.